The Kier molecular flexibility index (Phi) is 3.78. The first-order valence-electron chi connectivity index (χ1n) is 3.70. The number of allylic oxidation sites excluding steroid dienone is 2. The van der Waals surface area contributed by atoms with E-state index in [2.05, 4.69) is 13.8 Å². The molecule has 0 aliphatic heterocycles. The van der Waals surface area contributed by atoms with Crippen LogP contribution in [0.2, 0.25) is 0 Å². The highest BCUT2D eigenvalue weighted by atomic mass is 24.3. The fourth-order valence-electron chi connectivity index (χ4n) is 1.67. The van der Waals surface area contributed by atoms with Crippen LogP contribution in [0.3, 0.4) is 0 Å². The smallest absolute Gasteiger partial charge is 0.156 e. The molecule has 0 amide bonds. The summed E-state index contributed by atoms with van der Waals surface area (Å²) in [6.07, 6.45) is 3.55. The lowest BCUT2D eigenvalue weighted by atomic mass is 9.77. The Morgan fingerprint density at radius 1 is 1.36 bits per heavy atom. The van der Waals surface area contributed by atoms with E-state index in [0.717, 1.165) is 6.42 Å². The minimum Gasteiger partial charge on any atom is -0.295 e. The van der Waals surface area contributed by atoms with Crippen LogP contribution in [0.1, 0.15) is 33.6 Å². The van der Waals surface area contributed by atoms with Crippen LogP contribution in [0.5, 0.6) is 0 Å². The molecule has 0 heterocycles. The van der Waals surface area contributed by atoms with Crippen molar-refractivity contribution in [3.05, 3.63) is 11.6 Å². The zero-order chi connectivity index (χ0) is 7.78. The fraction of sp³-hybridized carbons (Fsp3) is 0.667. The van der Waals surface area contributed by atoms with Crippen LogP contribution in [0.4, 0.5) is 0 Å². The van der Waals surface area contributed by atoms with Crippen molar-refractivity contribution >= 4 is 28.8 Å². The summed E-state index contributed by atoms with van der Waals surface area (Å²) in [6.45, 7) is 6.31. The molecule has 2 heteroatoms. The van der Waals surface area contributed by atoms with Crippen LogP contribution in [-0.2, 0) is 4.79 Å². The van der Waals surface area contributed by atoms with E-state index in [1.165, 1.54) is 5.57 Å². The first kappa shape index (κ1) is 11.2. The molecule has 0 atom stereocenters. The van der Waals surface area contributed by atoms with Gasteiger partial charge in [-0.3, -0.25) is 4.79 Å². The predicted molar refractivity (Wildman–Crippen MR) is 47.5 cm³/mol. The summed E-state index contributed by atoms with van der Waals surface area (Å²) < 4.78 is 0. The van der Waals surface area contributed by atoms with Gasteiger partial charge >= 0.3 is 0 Å². The zero-order valence-electron chi connectivity index (χ0n) is 7.61. The van der Waals surface area contributed by atoms with Crippen LogP contribution in [0, 0.1) is 5.41 Å². The second-order valence-corrected chi connectivity index (χ2v) is 3.97. The number of ketones is 1. The lowest BCUT2D eigenvalue weighted by Gasteiger charge is -2.27. The van der Waals surface area contributed by atoms with Gasteiger partial charge in [-0.05, 0) is 24.8 Å². The van der Waals surface area contributed by atoms with Crippen molar-refractivity contribution in [1.82, 2.24) is 0 Å². The number of carbonyl (C=O) groups is 1. The van der Waals surface area contributed by atoms with E-state index in [1.54, 1.807) is 6.08 Å². The van der Waals surface area contributed by atoms with Gasteiger partial charge in [-0.2, -0.15) is 0 Å². The highest BCUT2D eigenvalue weighted by molar-refractivity contribution is 5.91. The topological polar surface area (TPSA) is 17.1 Å². The number of hydrogen-bond donors (Lipinski definition) is 0. The van der Waals surface area contributed by atoms with E-state index < -0.39 is 0 Å². The first-order valence-corrected chi connectivity index (χ1v) is 3.70. The third-order valence-corrected chi connectivity index (χ3v) is 1.82. The summed E-state index contributed by atoms with van der Waals surface area (Å²) in [5, 5.41) is 0. The van der Waals surface area contributed by atoms with Gasteiger partial charge in [-0.15, -0.1) is 0 Å². The fourth-order valence-corrected chi connectivity index (χ4v) is 1.67. The molecule has 11 heavy (non-hydrogen) atoms. The Morgan fingerprint density at radius 2 is 1.91 bits per heavy atom. The second-order valence-electron chi connectivity index (χ2n) is 3.97. The molecule has 0 unspecified atom stereocenters. The van der Waals surface area contributed by atoms with Crippen molar-refractivity contribution in [3.63, 3.8) is 0 Å². The molecule has 0 aromatic carbocycles. The molecule has 2 radical (unpaired) electrons. The van der Waals surface area contributed by atoms with Gasteiger partial charge in [0.2, 0.25) is 0 Å². The van der Waals surface area contributed by atoms with Gasteiger partial charge in [0.15, 0.2) is 5.78 Å². The van der Waals surface area contributed by atoms with Crippen LogP contribution in [0.15, 0.2) is 11.6 Å². The Bertz CT molecular complexity index is 192. The normalized spacial score (nSPS) is 22.1. The van der Waals surface area contributed by atoms with Crippen LogP contribution >= 0.6 is 0 Å². The van der Waals surface area contributed by atoms with Gasteiger partial charge < -0.3 is 0 Å². The summed E-state index contributed by atoms with van der Waals surface area (Å²) in [6, 6.07) is 0. The summed E-state index contributed by atoms with van der Waals surface area (Å²) in [5.74, 6) is 0.286. The minimum atomic E-state index is 0. The maximum atomic E-state index is 11.0. The third-order valence-electron chi connectivity index (χ3n) is 1.82. The molecule has 0 fully saturated rings. The van der Waals surface area contributed by atoms with E-state index in [-0.39, 0.29) is 34.3 Å². The molecule has 0 aromatic heterocycles. The quantitative estimate of drug-likeness (QED) is 0.498. The van der Waals surface area contributed by atoms with Crippen molar-refractivity contribution < 1.29 is 4.79 Å². The van der Waals surface area contributed by atoms with Gasteiger partial charge in [0.1, 0.15) is 0 Å². The molecule has 0 bridgehead atoms. The predicted octanol–water partition coefficient (Wildman–Crippen LogP) is 1.94. The summed E-state index contributed by atoms with van der Waals surface area (Å²) >= 11 is 0. The number of rotatable bonds is 0. The number of carbonyl (C=O) groups excluding carboxylic acids is 1. The van der Waals surface area contributed by atoms with E-state index in [4.69, 9.17) is 0 Å². The molecule has 0 aromatic rings. The van der Waals surface area contributed by atoms with E-state index in [1.807, 2.05) is 6.92 Å². The van der Waals surface area contributed by atoms with Crippen molar-refractivity contribution in [2.75, 3.05) is 0 Å². The largest absolute Gasteiger partial charge is 0.295 e. The van der Waals surface area contributed by atoms with Crippen molar-refractivity contribution in [1.29, 1.82) is 0 Å². The maximum absolute atomic E-state index is 11.0. The molecule has 0 saturated heterocycles. The summed E-state index contributed by atoms with van der Waals surface area (Å²) in [4.78, 5) is 11.0. The Hall–Kier alpha value is 0.176. The van der Waals surface area contributed by atoms with Gasteiger partial charge in [0.25, 0.3) is 0 Å². The highest BCUT2D eigenvalue weighted by Crippen LogP contribution is 2.32. The lowest BCUT2D eigenvalue weighted by Crippen LogP contribution is -2.20. The highest BCUT2D eigenvalue weighted by Gasteiger charge is 2.25. The first-order chi connectivity index (χ1) is 4.49. The van der Waals surface area contributed by atoms with Crippen LogP contribution in [0.25, 0.3) is 0 Å². The Balaban J connectivity index is 0.000001000. The van der Waals surface area contributed by atoms with E-state index in [9.17, 15) is 4.79 Å². The van der Waals surface area contributed by atoms with E-state index in [0.29, 0.717) is 6.42 Å². The van der Waals surface area contributed by atoms with Gasteiger partial charge in [-0.1, -0.05) is 19.4 Å². The summed E-state index contributed by atoms with van der Waals surface area (Å²) in [5.41, 5.74) is 1.43. The second kappa shape index (κ2) is 3.72. The van der Waals surface area contributed by atoms with Crippen molar-refractivity contribution in [2.24, 2.45) is 5.41 Å². The molecule has 1 rings (SSSR count). The zero-order valence-corrected chi connectivity index (χ0v) is 9.02. The molecule has 0 spiro atoms. The summed E-state index contributed by atoms with van der Waals surface area (Å²) in [7, 11) is 0. The molecular formula is C9H14MgO. The maximum Gasteiger partial charge on any atom is 0.156 e. The van der Waals surface area contributed by atoms with E-state index >= 15 is 0 Å². The van der Waals surface area contributed by atoms with Gasteiger partial charge in [0, 0.05) is 29.5 Å². The molecule has 1 aliphatic rings. The van der Waals surface area contributed by atoms with Crippen LogP contribution in [-0.4, -0.2) is 28.8 Å². The monoisotopic (exact) mass is 162 g/mol. The molecule has 0 saturated carbocycles. The van der Waals surface area contributed by atoms with Gasteiger partial charge in [0.05, 0.1) is 0 Å². The molecule has 58 valence electrons. The molecule has 1 aliphatic carbocycles. The van der Waals surface area contributed by atoms with Crippen molar-refractivity contribution in [2.45, 2.75) is 33.6 Å². The van der Waals surface area contributed by atoms with Crippen molar-refractivity contribution in [3.8, 4) is 0 Å². The average Bonchev–Trinajstić information content (AvgIpc) is 1.54. The van der Waals surface area contributed by atoms with Gasteiger partial charge in [-0.25, -0.2) is 0 Å². The molecule has 0 N–H and O–H groups in total. The Morgan fingerprint density at radius 3 is 2.27 bits per heavy atom. The minimum absolute atomic E-state index is 0. The average molecular weight is 163 g/mol. The molecular weight excluding hydrogens is 148 g/mol. The van der Waals surface area contributed by atoms with Crippen LogP contribution < -0.4 is 0 Å². The molecule has 1 nitrogen and oxygen atoms in total. The standard InChI is InChI=1S/C9H14O.Mg/c1-7-4-8(10)6-9(2,3)5-7;/h4H,5-6H2,1-3H3;. The third kappa shape index (κ3) is 3.39. The Labute approximate surface area is 84.4 Å². The SMILES string of the molecule is CC1=CC(=O)CC(C)(C)C1.[Mg]. The number of hydrogen-bond acceptors (Lipinski definition) is 1. The lowest BCUT2D eigenvalue weighted by molar-refractivity contribution is -0.117.